The van der Waals surface area contributed by atoms with E-state index in [9.17, 15) is 4.39 Å². The predicted octanol–water partition coefficient (Wildman–Crippen LogP) is 3.58. The first-order valence-corrected chi connectivity index (χ1v) is 9.82. The molecular weight excluding hydrogens is 315 g/mol. The first-order chi connectivity index (χ1) is 12.0. The number of morpholine rings is 1. The van der Waals surface area contributed by atoms with Crippen molar-refractivity contribution < 1.29 is 9.13 Å². The summed E-state index contributed by atoms with van der Waals surface area (Å²) in [6.07, 6.45) is 4.90. The molecule has 1 atom stereocenters. The van der Waals surface area contributed by atoms with Gasteiger partial charge in [0.1, 0.15) is 5.82 Å². The molecule has 2 saturated heterocycles. The zero-order valence-electron chi connectivity index (χ0n) is 15.8. The van der Waals surface area contributed by atoms with Gasteiger partial charge in [0.05, 0.1) is 13.2 Å². The van der Waals surface area contributed by atoms with E-state index in [-0.39, 0.29) is 11.4 Å². The molecule has 3 rings (SSSR count). The summed E-state index contributed by atoms with van der Waals surface area (Å²) in [7, 11) is 0. The first kappa shape index (κ1) is 18.8. The second kappa shape index (κ2) is 8.61. The van der Waals surface area contributed by atoms with Crippen LogP contribution < -0.4 is 0 Å². The zero-order valence-corrected chi connectivity index (χ0v) is 15.8. The SMILES string of the molecule is CC(C)(CN1CCC[C@@H](CCc2ccc(F)cc2)C1)N1CCOCC1. The maximum absolute atomic E-state index is 13.0. The van der Waals surface area contributed by atoms with E-state index >= 15 is 0 Å². The summed E-state index contributed by atoms with van der Waals surface area (Å²) >= 11 is 0. The molecule has 0 spiro atoms. The predicted molar refractivity (Wildman–Crippen MR) is 100 cm³/mol. The Hall–Kier alpha value is -0.970. The van der Waals surface area contributed by atoms with Gasteiger partial charge < -0.3 is 9.64 Å². The van der Waals surface area contributed by atoms with Gasteiger partial charge in [-0.15, -0.1) is 0 Å². The Morgan fingerprint density at radius 2 is 1.84 bits per heavy atom. The first-order valence-electron chi connectivity index (χ1n) is 9.82. The summed E-state index contributed by atoms with van der Waals surface area (Å²) in [6, 6.07) is 7.01. The van der Waals surface area contributed by atoms with Crippen molar-refractivity contribution in [3.8, 4) is 0 Å². The Kier molecular flexibility index (Phi) is 6.48. The molecule has 0 radical (unpaired) electrons. The van der Waals surface area contributed by atoms with Gasteiger partial charge in [-0.1, -0.05) is 12.1 Å². The molecule has 0 aliphatic carbocycles. The Bertz CT molecular complexity index is 525. The van der Waals surface area contributed by atoms with Crippen molar-refractivity contribution >= 4 is 0 Å². The quantitative estimate of drug-likeness (QED) is 0.781. The summed E-state index contributed by atoms with van der Waals surface area (Å²) in [5.74, 6) is 0.622. The van der Waals surface area contributed by atoms with Crippen LogP contribution in [0, 0.1) is 11.7 Å². The Morgan fingerprint density at radius 3 is 2.56 bits per heavy atom. The molecule has 25 heavy (non-hydrogen) atoms. The van der Waals surface area contributed by atoms with Gasteiger partial charge in [-0.3, -0.25) is 4.90 Å². The van der Waals surface area contributed by atoms with Crippen molar-refractivity contribution in [2.45, 2.75) is 45.1 Å². The van der Waals surface area contributed by atoms with Gasteiger partial charge in [-0.05, 0) is 69.7 Å². The molecule has 1 aromatic rings. The molecule has 2 aliphatic rings. The molecule has 4 heteroatoms. The van der Waals surface area contributed by atoms with Crippen molar-refractivity contribution in [1.29, 1.82) is 0 Å². The highest BCUT2D eigenvalue weighted by molar-refractivity contribution is 5.16. The van der Waals surface area contributed by atoms with Crippen LogP contribution >= 0.6 is 0 Å². The minimum Gasteiger partial charge on any atom is -0.379 e. The van der Waals surface area contributed by atoms with E-state index in [0.717, 1.165) is 45.2 Å². The molecule has 2 aliphatic heterocycles. The van der Waals surface area contributed by atoms with Crippen LogP contribution in [0.4, 0.5) is 4.39 Å². The molecule has 0 unspecified atom stereocenters. The second-order valence-electron chi connectivity index (χ2n) is 8.32. The second-order valence-corrected chi connectivity index (χ2v) is 8.32. The number of rotatable bonds is 6. The van der Waals surface area contributed by atoms with Crippen molar-refractivity contribution in [2.75, 3.05) is 45.9 Å². The average molecular weight is 349 g/mol. The molecule has 0 N–H and O–H groups in total. The van der Waals surface area contributed by atoms with Crippen LogP contribution in [0.15, 0.2) is 24.3 Å². The minimum absolute atomic E-state index is 0.141. The number of likely N-dealkylation sites (tertiary alicyclic amines) is 1. The molecule has 0 bridgehead atoms. The van der Waals surface area contributed by atoms with E-state index in [1.54, 1.807) is 12.1 Å². The number of halogens is 1. The van der Waals surface area contributed by atoms with Crippen LogP contribution in [-0.2, 0) is 11.2 Å². The molecule has 2 heterocycles. The molecule has 2 fully saturated rings. The lowest BCUT2D eigenvalue weighted by Crippen LogP contribution is -2.56. The van der Waals surface area contributed by atoms with Crippen molar-refractivity contribution in [3.05, 3.63) is 35.6 Å². The molecular formula is C21H33FN2O. The number of hydrogen-bond acceptors (Lipinski definition) is 3. The third-order valence-corrected chi connectivity index (χ3v) is 5.84. The number of hydrogen-bond donors (Lipinski definition) is 0. The van der Waals surface area contributed by atoms with E-state index in [2.05, 4.69) is 23.6 Å². The molecule has 3 nitrogen and oxygen atoms in total. The summed E-state index contributed by atoms with van der Waals surface area (Å²) in [5, 5.41) is 0. The van der Waals surface area contributed by atoms with Gasteiger partial charge >= 0.3 is 0 Å². The van der Waals surface area contributed by atoms with E-state index in [1.807, 2.05) is 12.1 Å². The maximum Gasteiger partial charge on any atom is 0.123 e. The Morgan fingerprint density at radius 1 is 1.12 bits per heavy atom. The number of ether oxygens (including phenoxy) is 1. The van der Waals surface area contributed by atoms with Gasteiger partial charge in [0.25, 0.3) is 0 Å². The standard InChI is InChI=1S/C21H33FN2O/c1-21(2,24-12-14-25-15-13-24)17-23-11-3-4-19(16-23)6-5-18-7-9-20(22)10-8-18/h7-10,19H,3-6,11-17H2,1-2H3/t19-/m0/s1. The van der Waals surface area contributed by atoms with E-state index in [0.29, 0.717) is 0 Å². The van der Waals surface area contributed by atoms with Gasteiger partial charge in [-0.2, -0.15) is 0 Å². The fraction of sp³-hybridized carbons (Fsp3) is 0.714. The lowest BCUT2D eigenvalue weighted by atomic mass is 9.90. The van der Waals surface area contributed by atoms with Crippen molar-refractivity contribution in [3.63, 3.8) is 0 Å². The topological polar surface area (TPSA) is 15.7 Å². The maximum atomic E-state index is 13.0. The van der Waals surface area contributed by atoms with E-state index < -0.39 is 0 Å². The highest BCUT2D eigenvalue weighted by Crippen LogP contribution is 2.25. The van der Waals surface area contributed by atoms with Crippen LogP contribution in [0.5, 0.6) is 0 Å². The molecule has 0 amide bonds. The van der Waals surface area contributed by atoms with Crippen molar-refractivity contribution in [2.24, 2.45) is 5.92 Å². The summed E-state index contributed by atoms with van der Waals surface area (Å²) in [5.41, 5.74) is 1.47. The lowest BCUT2D eigenvalue weighted by molar-refractivity contribution is -0.0258. The molecule has 140 valence electrons. The van der Waals surface area contributed by atoms with Gasteiger partial charge in [0, 0.05) is 31.7 Å². The zero-order chi connectivity index (χ0) is 17.7. The Labute approximate surface area is 152 Å². The molecule has 0 aromatic heterocycles. The largest absolute Gasteiger partial charge is 0.379 e. The summed E-state index contributed by atoms with van der Waals surface area (Å²) in [6.45, 7) is 12.1. The summed E-state index contributed by atoms with van der Waals surface area (Å²) < 4.78 is 18.5. The van der Waals surface area contributed by atoms with Crippen LogP contribution in [0.25, 0.3) is 0 Å². The van der Waals surface area contributed by atoms with E-state index in [4.69, 9.17) is 4.74 Å². The Balaban J connectivity index is 1.47. The number of benzene rings is 1. The molecule has 0 saturated carbocycles. The third kappa shape index (κ3) is 5.50. The molecule has 1 aromatic carbocycles. The van der Waals surface area contributed by atoms with Crippen LogP contribution in [0.2, 0.25) is 0 Å². The van der Waals surface area contributed by atoms with Crippen molar-refractivity contribution in [1.82, 2.24) is 9.80 Å². The highest BCUT2D eigenvalue weighted by Gasteiger charge is 2.32. The van der Waals surface area contributed by atoms with E-state index in [1.165, 1.54) is 37.9 Å². The number of piperidine rings is 1. The van der Waals surface area contributed by atoms with Crippen LogP contribution in [0.3, 0.4) is 0 Å². The fourth-order valence-electron chi connectivity index (χ4n) is 4.37. The van der Waals surface area contributed by atoms with Gasteiger partial charge in [0.15, 0.2) is 0 Å². The smallest absolute Gasteiger partial charge is 0.123 e. The number of nitrogens with zero attached hydrogens (tertiary/aromatic N) is 2. The minimum atomic E-state index is -0.141. The number of aryl methyl sites for hydroxylation is 1. The fourth-order valence-corrected chi connectivity index (χ4v) is 4.37. The van der Waals surface area contributed by atoms with Crippen LogP contribution in [0.1, 0.15) is 38.7 Å². The van der Waals surface area contributed by atoms with Crippen LogP contribution in [-0.4, -0.2) is 61.3 Å². The lowest BCUT2D eigenvalue weighted by Gasteiger charge is -2.45. The third-order valence-electron chi connectivity index (χ3n) is 5.84. The monoisotopic (exact) mass is 348 g/mol. The summed E-state index contributed by atoms with van der Waals surface area (Å²) in [4.78, 5) is 5.24. The average Bonchev–Trinajstić information content (AvgIpc) is 2.62. The van der Waals surface area contributed by atoms with Gasteiger partial charge in [0.2, 0.25) is 0 Å². The highest BCUT2D eigenvalue weighted by atomic mass is 19.1. The van der Waals surface area contributed by atoms with Gasteiger partial charge in [-0.25, -0.2) is 4.39 Å². The normalized spacial score (nSPS) is 23.7.